The van der Waals surface area contributed by atoms with Crippen molar-refractivity contribution in [1.29, 1.82) is 0 Å². The van der Waals surface area contributed by atoms with Crippen LogP contribution in [0.1, 0.15) is 87.0 Å². The molecular formula is C35H54O11. The van der Waals surface area contributed by atoms with E-state index in [-0.39, 0.29) is 36.2 Å². The number of ether oxygens (including phenoxy) is 6. The van der Waals surface area contributed by atoms with Crippen molar-refractivity contribution in [3.05, 3.63) is 22.8 Å². The molecule has 46 heavy (non-hydrogen) atoms. The maximum Gasteiger partial charge on any atom is 0.306 e. The van der Waals surface area contributed by atoms with E-state index in [1.165, 1.54) is 11.1 Å². The van der Waals surface area contributed by atoms with Crippen LogP contribution in [-0.2, 0) is 38.0 Å². The molecule has 2 saturated heterocycles. The summed E-state index contributed by atoms with van der Waals surface area (Å²) in [5.74, 6) is -2.81. The third-order valence-electron chi connectivity index (χ3n) is 11.1. The molecule has 0 amide bonds. The number of carbonyl (C=O) groups is 2. The van der Waals surface area contributed by atoms with Gasteiger partial charge in [-0.05, 0) is 62.9 Å². The first-order chi connectivity index (χ1) is 21.5. The molecule has 5 aliphatic rings. The van der Waals surface area contributed by atoms with Crippen LogP contribution in [0.4, 0.5) is 0 Å². The Balaban J connectivity index is 1.55. The largest absolute Gasteiger partial charge is 0.481 e. The lowest BCUT2D eigenvalue weighted by molar-refractivity contribution is -0.387. The minimum Gasteiger partial charge on any atom is -0.481 e. The van der Waals surface area contributed by atoms with Crippen molar-refractivity contribution in [2.24, 2.45) is 28.6 Å². The number of aliphatic hydroxyl groups is 2. The van der Waals surface area contributed by atoms with E-state index in [4.69, 9.17) is 33.5 Å². The number of rotatable bonds is 9. The third-order valence-corrected chi connectivity index (χ3v) is 11.1. The van der Waals surface area contributed by atoms with Gasteiger partial charge in [-0.25, -0.2) is 0 Å². The zero-order valence-corrected chi connectivity index (χ0v) is 28.6. The van der Waals surface area contributed by atoms with Crippen LogP contribution in [0, 0.1) is 28.6 Å². The minimum atomic E-state index is -1.35. The SMILES string of the molecule is COC[C@@]1(C)CC[C@@H]2/C1=C\C1(C)CCC(C(C)C)=C1[C@@H](O[C@H]1O[C@@H]3COC(C)(C)OC3C(O)C1OC(=O)CCC(=O)O)[C@H](O)[C@@H]2C. The van der Waals surface area contributed by atoms with Crippen molar-refractivity contribution in [3.8, 4) is 0 Å². The van der Waals surface area contributed by atoms with Gasteiger partial charge in [0.05, 0.1) is 32.2 Å². The Morgan fingerprint density at radius 2 is 1.80 bits per heavy atom. The summed E-state index contributed by atoms with van der Waals surface area (Å²) in [4.78, 5) is 24.0. The van der Waals surface area contributed by atoms with Gasteiger partial charge in [0, 0.05) is 17.9 Å². The molecule has 11 atom stereocenters. The predicted octanol–water partition coefficient (Wildman–Crippen LogP) is 4.14. The average molecular weight is 651 g/mol. The van der Waals surface area contributed by atoms with Crippen LogP contribution in [0.15, 0.2) is 22.8 Å². The molecule has 11 nitrogen and oxygen atoms in total. The summed E-state index contributed by atoms with van der Waals surface area (Å²) in [6, 6.07) is 0. The molecule has 3 aliphatic carbocycles. The molecule has 5 rings (SSSR count). The Bertz CT molecular complexity index is 1220. The number of aliphatic carboxylic acids is 1. The number of carboxylic acids is 1. The number of hydrogen-bond acceptors (Lipinski definition) is 10. The van der Waals surface area contributed by atoms with Gasteiger partial charge in [-0.1, -0.05) is 51.8 Å². The summed E-state index contributed by atoms with van der Waals surface area (Å²) in [5, 5.41) is 33.1. The first kappa shape index (κ1) is 35.4. The summed E-state index contributed by atoms with van der Waals surface area (Å²) in [6.07, 6.45) is -2.11. The normalized spacial score (nSPS) is 43.2. The van der Waals surface area contributed by atoms with Crippen LogP contribution >= 0.6 is 0 Å². The second-order valence-electron chi connectivity index (χ2n) is 15.3. The molecule has 0 spiro atoms. The van der Waals surface area contributed by atoms with Gasteiger partial charge in [-0.15, -0.1) is 0 Å². The van der Waals surface area contributed by atoms with E-state index < -0.39 is 72.5 Å². The lowest BCUT2D eigenvalue weighted by Crippen LogP contribution is -2.66. The molecule has 4 unspecified atom stereocenters. The molecule has 0 aromatic rings. The Hall–Kier alpha value is -1.86. The highest BCUT2D eigenvalue weighted by Crippen LogP contribution is 2.58. The molecule has 0 aromatic carbocycles. The summed E-state index contributed by atoms with van der Waals surface area (Å²) < 4.78 is 36.5. The molecule has 3 fully saturated rings. The third kappa shape index (κ3) is 6.70. The maximum atomic E-state index is 12.9. The highest BCUT2D eigenvalue weighted by molar-refractivity contribution is 5.76. The Morgan fingerprint density at radius 1 is 1.09 bits per heavy atom. The van der Waals surface area contributed by atoms with Crippen LogP contribution < -0.4 is 0 Å². The zero-order valence-electron chi connectivity index (χ0n) is 28.6. The standard InChI is InChI=1S/C35H54O11/c1-18(2)20-11-13-34(6)15-22-21(12-14-35(22,7)17-41-8)19(3)27(39)30(26(20)34)45-32-31(44-25(38)10-9-24(36)37)28(40)29-23(43-32)16-42-33(4,5)46-29/h15,18-19,21,23,27-32,39-40H,9-14,16-17H2,1-8H3,(H,36,37)/b22-15+/t19-,21+,23-,27-,28?,29?,30-,31?,32-,34?,35-/m1/s1. The highest BCUT2D eigenvalue weighted by Gasteiger charge is 2.57. The number of carbonyl (C=O) groups excluding carboxylic acids is 1. The number of esters is 1. The van der Waals surface area contributed by atoms with Crippen LogP contribution in [0.5, 0.6) is 0 Å². The van der Waals surface area contributed by atoms with E-state index in [9.17, 15) is 19.8 Å². The lowest BCUT2D eigenvalue weighted by Gasteiger charge is -2.50. The minimum absolute atomic E-state index is 0.113. The van der Waals surface area contributed by atoms with E-state index in [0.29, 0.717) is 6.61 Å². The molecule has 3 N–H and O–H groups in total. The fraction of sp³-hybridized carbons (Fsp3) is 0.829. The Kier molecular flexibility index (Phi) is 10.2. The number of hydrogen-bond donors (Lipinski definition) is 3. The molecule has 0 aromatic heterocycles. The summed E-state index contributed by atoms with van der Waals surface area (Å²) >= 11 is 0. The van der Waals surface area contributed by atoms with E-state index in [2.05, 4.69) is 40.7 Å². The average Bonchev–Trinajstić information content (AvgIpc) is 3.47. The molecule has 260 valence electrons. The number of allylic oxidation sites excluding steroid dienone is 2. The number of methoxy groups -OCH3 is 1. The van der Waals surface area contributed by atoms with E-state index in [1.807, 2.05) is 0 Å². The van der Waals surface area contributed by atoms with Crippen molar-refractivity contribution in [3.63, 3.8) is 0 Å². The number of aliphatic hydroxyl groups excluding tert-OH is 2. The van der Waals surface area contributed by atoms with Gasteiger partial charge in [0.25, 0.3) is 0 Å². The summed E-state index contributed by atoms with van der Waals surface area (Å²) in [7, 11) is 1.74. The van der Waals surface area contributed by atoms with Gasteiger partial charge in [0.2, 0.25) is 0 Å². The second kappa shape index (κ2) is 13.2. The van der Waals surface area contributed by atoms with Crippen molar-refractivity contribution in [1.82, 2.24) is 0 Å². The maximum absolute atomic E-state index is 12.9. The van der Waals surface area contributed by atoms with Gasteiger partial charge in [-0.2, -0.15) is 0 Å². The van der Waals surface area contributed by atoms with Crippen LogP contribution in [0.3, 0.4) is 0 Å². The van der Waals surface area contributed by atoms with Gasteiger partial charge < -0.3 is 43.7 Å². The molecule has 11 heteroatoms. The summed E-state index contributed by atoms with van der Waals surface area (Å²) in [6.45, 7) is 15.0. The second-order valence-corrected chi connectivity index (χ2v) is 15.3. The Labute approximate surface area is 272 Å². The predicted molar refractivity (Wildman–Crippen MR) is 166 cm³/mol. The summed E-state index contributed by atoms with van der Waals surface area (Å²) in [5.41, 5.74) is 3.01. The number of carboxylic acid groups (broad SMARTS) is 1. The van der Waals surface area contributed by atoms with Crippen molar-refractivity contribution < 1.29 is 53.3 Å². The lowest BCUT2D eigenvalue weighted by atomic mass is 9.66. The first-order valence-electron chi connectivity index (χ1n) is 16.9. The molecule has 2 aliphatic heterocycles. The quantitative estimate of drug-likeness (QED) is 0.244. The van der Waals surface area contributed by atoms with E-state index >= 15 is 0 Å². The van der Waals surface area contributed by atoms with Gasteiger partial charge in [0.15, 0.2) is 18.2 Å². The zero-order chi connectivity index (χ0) is 33.8. The van der Waals surface area contributed by atoms with E-state index in [1.54, 1.807) is 21.0 Å². The highest BCUT2D eigenvalue weighted by atomic mass is 16.8. The van der Waals surface area contributed by atoms with Gasteiger partial charge in [0.1, 0.15) is 24.4 Å². The molecular weight excluding hydrogens is 596 g/mol. The smallest absolute Gasteiger partial charge is 0.306 e. The first-order valence-corrected chi connectivity index (χ1v) is 16.9. The van der Waals surface area contributed by atoms with Crippen LogP contribution in [0.25, 0.3) is 0 Å². The van der Waals surface area contributed by atoms with Crippen LogP contribution in [-0.4, -0.2) is 96.3 Å². The monoisotopic (exact) mass is 650 g/mol. The molecule has 0 radical (unpaired) electrons. The fourth-order valence-electron chi connectivity index (χ4n) is 8.61. The van der Waals surface area contributed by atoms with Gasteiger partial charge >= 0.3 is 11.9 Å². The molecule has 2 heterocycles. The topological polar surface area (TPSA) is 150 Å². The number of fused-ring (bicyclic) bond motifs is 3. The Morgan fingerprint density at radius 3 is 2.46 bits per heavy atom. The van der Waals surface area contributed by atoms with Crippen molar-refractivity contribution in [2.45, 2.75) is 136 Å². The fourth-order valence-corrected chi connectivity index (χ4v) is 8.61. The molecule has 1 saturated carbocycles. The van der Waals surface area contributed by atoms with Crippen molar-refractivity contribution >= 4 is 11.9 Å². The van der Waals surface area contributed by atoms with Crippen molar-refractivity contribution in [2.75, 3.05) is 20.3 Å². The van der Waals surface area contributed by atoms with E-state index in [0.717, 1.165) is 31.3 Å². The molecule has 0 bridgehead atoms. The van der Waals surface area contributed by atoms with Crippen LogP contribution in [0.2, 0.25) is 0 Å². The van der Waals surface area contributed by atoms with Gasteiger partial charge in [-0.3, -0.25) is 9.59 Å².